The summed E-state index contributed by atoms with van der Waals surface area (Å²) in [6.45, 7) is 0. The topological polar surface area (TPSA) is 58.2 Å². The van der Waals surface area contributed by atoms with Crippen molar-refractivity contribution in [2.24, 2.45) is 0 Å². The molecule has 0 aromatic heterocycles. The Bertz CT molecular complexity index is 741. The summed E-state index contributed by atoms with van der Waals surface area (Å²) in [7, 11) is 0. The first-order valence-corrected chi connectivity index (χ1v) is 8.62. The predicted octanol–water partition coefficient (Wildman–Crippen LogP) is 4.08. The van der Waals surface area contributed by atoms with Crippen LogP contribution in [0.4, 0.5) is 4.39 Å². The van der Waals surface area contributed by atoms with E-state index in [2.05, 4.69) is 10.9 Å². The SMILES string of the molecule is O=C(CCSc1ccc(F)cc1)NNC(=O)c1cc(Cl)ccc1Cl. The van der Waals surface area contributed by atoms with Gasteiger partial charge in [0.25, 0.3) is 5.91 Å². The first kappa shape index (κ1) is 18.6. The molecule has 0 heterocycles. The maximum Gasteiger partial charge on any atom is 0.271 e. The van der Waals surface area contributed by atoms with Gasteiger partial charge < -0.3 is 0 Å². The highest BCUT2D eigenvalue weighted by Crippen LogP contribution is 2.20. The molecule has 0 aliphatic carbocycles. The molecule has 2 aromatic carbocycles. The Kier molecular flexibility index (Phi) is 6.90. The number of carbonyl (C=O) groups excluding carboxylic acids is 2. The number of carbonyl (C=O) groups is 2. The Labute approximate surface area is 152 Å². The summed E-state index contributed by atoms with van der Waals surface area (Å²) in [6, 6.07) is 10.5. The van der Waals surface area contributed by atoms with Gasteiger partial charge in [-0.25, -0.2) is 4.39 Å². The van der Waals surface area contributed by atoms with Crippen molar-refractivity contribution in [2.75, 3.05) is 5.75 Å². The molecule has 0 fully saturated rings. The summed E-state index contributed by atoms with van der Waals surface area (Å²) in [5.74, 6) is -0.719. The number of benzene rings is 2. The van der Waals surface area contributed by atoms with Crippen molar-refractivity contribution < 1.29 is 14.0 Å². The summed E-state index contributed by atoms with van der Waals surface area (Å²) < 4.78 is 12.8. The van der Waals surface area contributed by atoms with Crippen LogP contribution in [-0.2, 0) is 4.79 Å². The summed E-state index contributed by atoms with van der Waals surface area (Å²) in [4.78, 5) is 24.5. The van der Waals surface area contributed by atoms with E-state index in [1.807, 2.05) is 0 Å². The first-order chi connectivity index (χ1) is 11.5. The minimum absolute atomic E-state index is 0.171. The minimum Gasteiger partial charge on any atom is -0.273 e. The molecule has 0 saturated carbocycles. The van der Waals surface area contributed by atoms with Gasteiger partial charge in [0.05, 0.1) is 10.6 Å². The zero-order valence-corrected chi connectivity index (χ0v) is 14.6. The lowest BCUT2D eigenvalue weighted by Crippen LogP contribution is -2.41. The van der Waals surface area contributed by atoms with Crippen LogP contribution < -0.4 is 10.9 Å². The van der Waals surface area contributed by atoms with Crippen molar-refractivity contribution in [1.82, 2.24) is 10.9 Å². The summed E-state index contributed by atoms with van der Waals surface area (Å²) in [5.41, 5.74) is 4.76. The van der Waals surface area contributed by atoms with Gasteiger partial charge in [-0.05, 0) is 42.5 Å². The fourth-order valence-electron chi connectivity index (χ4n) is 1.72. The van der Waals surface area contributed by atoms with E-state index in [1.165, 1.54) is 36.0 Å². The molecule has 8 heteroatoms. The van der Waals surface area contributed by atoms with Crippen molar-refractivity contribution in [2.45, 2.75) is 11.3 Å². The van der Waals surface area contributed by atoms with Crippen LogP contribution in [0.2, 0.25) is 10.0 Å². The van der Waals surface area contributed by atoms with E-state index in [0.29, 0.717) is 10.8 Å². The fourth-order valence-corrected chi connectivity index (χ4v) is 2.95. The highest BCUT2D eigenvalue weighted by atomic mass is 35.5. The van der Waals surface area contributed by atoms with E-state index in [9.17, 15) is 14.0 Å². The number of nitrogens with one attached hydrogen (secondary N) is 2. The lowest BCUT2D eigenvalue weighted by molar-refractivity contribution is -0.121. The monoisotopic (exact) mass is 386 g/mol. The van der Waals surface area contributed by atoms with Gasteiger partial charge in [-0.3, -0.25) is 20.4 Å². The molecular weight excluding hydrogens is 374 g/mol. The van der Waals surface area contributed by atoms with Gasteiger partial charge >= 0.3 is 0 Å². The van der Waals surface area contributed by atoms with Crippen molar-refractivity contribution in [3.8, 4) is 0 Å². The molecule has 0 atom stereocenters. The molecule has 126 valence electrons. The van der Waals surface area contributed by atoms with Crippen LogP contribution in [0.1, 0.15) is 16.8 Å². The molecule has 0 saturated heterocycles. The fraction of sp³-hybridized carbons (Fsp3) is 0.125. The molecule has 0 radical (unpaired) electrons. The molecule has 2 rings (SSSR count). The number of thioether (sulfide) groups is 1. The number of hydrazine groups is 1. The average molecular weight is 387 g/mol. The van der Waals surface area contributed by atoms with E-state index in [0.717, 1.165) is 4.90 Å². The lowest BCUT2D eigenvalue weighted by Gasteiger charge is -2.09. The Morgan fingerprint density at radius 3 is 2.46 bits per heavy atom. The van der Waals surface area contributed by atoms with Crippen LogP contribution in [0.5, 0.6) is 0 Å². The van der Waals surface area contributed by atoms with E-state index in [-0.39, 0.29) is 28.7 Å². The van der Waals surface area contributed by atoms with Crippen molar-refractivity contribution in [1.29, 1.82) is 0 Å². The molecule has 0 unspecified atom stereocenters. The van der Waals surface area contributed by atoms with Gasteiger partial charge in [0, 0.05) is 22.1 Å². The molecule has 2 amide bonds. The van der Waals surface area contributed by atoms with Crippen LogP contribution in [-0.4, -0.2) is 17.6 Å². The third-order valence-corrected chi connectivity index (χ3v) is 4.48. The van der Waals surface area contributed by atoms with E-state index in [1.54, 1.807) is 18.2 Å². The Balaban J connectivity index is 1.75. The standard InChI is InChI=1S/C16H13Cl2FN2O2S/c17-10-1-6-14(18)13(9-10)16(23)21-20-15(22)7-8-24-12-4-2-11(19)3-5-12/h1-6,9H,7-8H2,(H,20,22)(H,21,23). The first-order valence-electron chi connectivity index (χ1n) is 6.88. The third kappa shape index (κ3) is 5.70. The predicted molar refractivity (Wildman–Crippen MR) is 93.8 cm³/mol. The number of hydrogen-bond donors (Lipinski definition) is 2. The highest BCUT2D eigenvalue weighted by molar-refractivity contribution is 7.99. The number of amides is 2. The number of rotatable bonds is 5. The van der Waals surface area contributed by atoms with Crippen molar-refractivity contribution >= 4 is 46.8 Å². The lowest BCUT2D eigenvalue weighted by atomic mass is 10.2. The van der Waals surface area contributed by atoms with Crippen molar-refractivity contribution in [3.63, 3.8) is 0 Å². The van der Waals surface area contributed by atoms with Crippen LogP contribution in [0.25, 0.3) is 0 Å². The summed E-state index contributed by atoms with van der Waals surface area (Å²) >= 11 is 13.1. The van der Waals surface area contributed by atoms with Gasteiger partial charge in [-0.2, -0.15) is 0 Å². The van der Waals surface area contributed by atoms with Crippen LogP contribution in [0.15, 0.2) is 47.4 Å². The maximum atomic E-state index is 12.8. The summed E-state index contributed by atoms with van der Waals surface area (Å²) in [6.07, 6.45) is 0.186. The van der Waals surface area contributed by atoms with Crippen LogP contribution >= 0.6 is 35.0 Å². The minimum atomic E-state index is -0.554. The van der Waals surface area contributed by atoms with Gasteiger partial charge in [-0.15, -0.1) is 11.8 Å². The third-order valence-electron chi connectivity index (χ3n) is 2.90. The summed E-state index contributed by atoms with van der Waals surface area (Å²) in [5, 5.41) is 0.601. The van der Waals surface area contributed by atoms with Gasteiger partial charge in [-0.1, -0.05) is 23.2 Å². The number of halogens is 3. The quantitative estimate of drug-likeness (QED) is 0.601. The molecule has 2 N–H and O–H groups in total. The largest absolute Gasteiger partial charge is 0.273 e. The highest BCUT2D eigenvalue weighted by Gasteiger charge is 2.12. The van der Waals surface area contributed by atoms with Crippen LogP contribution in [0.3, 0.4) is 0 Å². The van der Waals surface area contributed by atoms with Crippen LogP contribution in [0, 0.1) is 5.82 Å². The molecule has 2 aromatic rings. The normalized spacial score (nSPS) is 10.3. The van der Waals surface area contributed by atoms with Gasteiger partial charge in [0.15, 0.2) is 0 Å². The van der Waals surface area contributed by atoms with Gasteiger partial charge in [0.1, 0.15) is 5.82 Å². The Morgan fingerprint density at radius 1 is 1.04 bits per heavy atom. The smallest absolute Gasteiger partial charge is 0.271 e. The Hall–Kier alpha value is -1.76. The Morgan fingerprint density at radius 2 is 1.75 bits per heavy atom. The second kappa shape index (κ2) is 8.92. The zero-order chi connectivity index (χ0) is 17.5. The zero-order valence-electron chi connectivity index (χ0n) is 12.3. The van der Waals surface area contributed by atoms with E-state index < -0.39 is 5.91 Å². The molecule has 0 aliphatic rings. The molecule has 0 aliphatic heterocycles. The van der Waals surface area contributed by atoms with E-state index >= 15 is 0 Å². The van der Waals surface area contributed by atoms with Crippen molar-refractivity contribution in [3.05, 3.63) is 63.9 Å². The molecule has 4 nitrogen and oxygen atoms in total. The molecule has 24 heavy (non-hydrogen) atoms. The number of hydrogen-bond acceptors (Lipinski definition) is 3. The van der Waals surface area contributed by atoms with E-state index in [4.69, 9.17) is 23.2 Å². The molecule has 0 bridgehead atoms. The second-order valence-corrected chi connectivity index (χ2v) is 6.69. The van der Waals surface area contributed by atoms with Gasteiger partial charge in [0.2, 0.25) is 5.91 Å². The average Bonchev–Trinajstić information content (AvgIpc) is 2.56. The molecular formula is C16H13Cl2FN2O2S. The molecule has 0 spiro atoms. The maximum absolute atomic E-state index is 12.8. The second-order valence-electron chi connectivity index (χ2n) is 4.68.